The summed E-state index contributed by atoms with van der Waals surface area (Å²) in [5.41, 5.74) is -0.117. The Labute approximate surface area is 77.3 Å². The van der Waals surface area contributed by atoms with Crippen molar-refractivity contribution in [2.75, 3.05) is 6.61 Å². The lowest BCUT2D eigenvalue weighted by Gasteiger charge is -2.21. The van der Waals surface area contributed by atoms with E-state index >= 15 is 0 Å². The van der Waals surface area contributed by atoms with E-state index in [2.05, 4.69) is 0 Å². The van der Waals surface area contributed by atoms with Crippen LogP contribution in [0.3, 0.4) is 0 Å². The molecule has 1 atom stereocenters. The Hall–Kier alpha value is -1.06. The molecule has 1 rings (SSSR count). The summed E-state index contributed by atoms with van der Waals surface area (Å²) in [6.45, 7) is 2.89. The number of aryl methyl sites for hydroxylation is 1. The number of phenolic OH excluding ortho intramolecular Hbond substituents is 1. The molecule has 0 fully saturated rings. The highest BCUT2D eigenvalue weighted by atomic mass is 16.3. The van der Waals surface area contributed by atoms with Crippen LogP contribution in [-0.2, 0) is 5.60 Å². The summed E-state index contributed by atoms with van der Waals surface area (Å²) in [5.74, 6) is 0.0130. The highest BCUT2D eigenvalue weighted by molar-refractivity contribution is 5.39. The largest absolute Gasteiger partial charge is 0.508 e. The number of hydrogen-bond acceptors (Lipinski definition) is 3. The summed E-state index contributed by atoms with van der Waals surface area (Å²) in [6.07, 6.45) is 0. The van der Waals surface area contributed by atoms with Gasteiger partial charge in [0.15, 0.2) is 0 Å². The fraction of sp³-hybridized carbons (Fsp3) is 0.400. The second kappa shape index (κ2) is 3.36. The molecule has 0 radical (unpaired) electrons. The molecule has 72 valence electrons. The molecule has 0 saturated carbocycles. The van der Waals surface area contributed by atoms with Crippen LogP contribution in [0.1, 0.15) is 18.1 Å². The number of rotatable bonds is 2. The zero-order valence-corrected chi connectivity index (χ0v) is 7.78. The van der Waals surface area contributed by atoms with E-state index < -0.39 is 12.2 Å². The standard InChI is InChI=1S/C10H14O3/c1-7-3-4-8(9(12)5-7)10(2,13)6-11/h3-5,11-13H,6H2,1-2H3. The zero-order valence-electron chi connectivity index (χ0n) is 7.78. The Balaban J connectivity index is 3.16. The topological polar surface area (TPSA) is 60.7 Å². The summed E-state index contributed by atoms with van der Waals surface area (Å²) < 4.78 is 0. The van der Waals surface area contributed by atoms with Crippen molar-refractivity contribution >= 4 is 0 Å². The van der Waals surface area contributed by atoms with Gasteiger partial charge in [-0.1, -0.05) is 12.1 Å². The molecule has 1 aromatic rings. The second-order valence-electron chi connectivity index (χ2n) is 3.45. The van der Waals surface area contributed by atoms with Crippen molar-refractivity contribution in [3.8, 4) is 5.75 Å². The average Bonchev–Trinajstić information content (AvgIpc) is 2.03. The van der Waals surface area contributed by atoms with Crippen molar-refractivity contribution in [2.24, 2.45) is 0 Å². The SMILES string of the molecule is Cc1ccc(C(C)(O)CO)c(O)c1. The number of hydrogen-bond donors (Lipinski definition) is 3. The maximum atomic E-state index is 9.66. The first-order chi connectivity index (χ1) is 5.97. The van der Waals surface area contributed by atoms with Gasteiger partial charge in [-0.25, -0.2) is 0 Å². The first-order valence-corrected chi connectivity index (χ1v) is 4.11. The molecular weight excluding hydrogens is 168 g/mol. The Morgan fingerprint density at radius 2 is 2.00 bits per heavy atom. The van der Waals surface area contributed by atoms with E-state index in [1.165, 1.54) is 6.92 Å². The lowest BCUT2D eigenvalue weighted by atomic mass is 9.95. The molecule has 0 saturated heterocycles. The molecule has 0 aromatic heterocycles. The van der Waals surface area contributed by atoms with Gasteiger partial charge in [0.1, 0.15) is 11.4 Å². The number of benzene rings is 1. The second-order valence-corrected chi connectivity index (χ2v) is 3.45. The minimum Gasteiger partial charge on any atom is -0.508 e. The molecule has 0 aliphatic carbocycles. The van der Waals surface area contributed by atoms with Gasteiger partial charge in [-0.3, -0.25) is 0 Å². The van der Waals surface area contributed by atoms with Crippen LogP contribution in [0.25, 0.3) is 0 Å². The molecule has 1 aromatic carbocycles. The quantitative estimate of drug-likeness (QED) is 0.636. The molecule has 1 unspecified atom stereocenters. The first kappa shape index (κ1) is 10.0. The monoisotopic (exact) mass is 182 g/mol. The maximum absolute atomic E-state index is 9.66. The minimum atomic E-state index is -1.38. The molecule has 0 aliphatic heterocycles. The van der Waals surface area contributed by atoms with Crippen molar-refractivity contribution in [1.29, 1.82) is 0 Å². The Bertz CT molecular complexity index is 305. The molecule has 0 aliphatic rings. The molecule has 0 heterocycles. The molecule has 3 heteroatoms. The fourth-order valence-corrected chi connectivity index (χ4v) is 1.18. The predicted molar refractivity (Wildman–Crippen MR) is 49.5 cm³/mol. The first-order valence-electron chi connectivity index (χ1n) is 4.11. The third-order valence-electron chi connectivity index (χ3n) is 2.04. The maximum Gasteiger partial charge on any atom is 0.122 e. The van der Waals surface area contributed by atoms with E-state index in [1.807, 2.05) is 6.92 Å². The van der Waals surface area contributed by atoms with E-state index in [1.54, 1.807) is 18.2 Å². The Morgan fingerprint density at radius 3 is 2.46 bits per heavy atom. The van der Waals surface area contributed by atoms with Crippen LogP contribution in [0.15, 0.2) is 18.2 Å². The summed E-state index contributed by atoms with van der Waals surface area (Å²) in [4.78, 5) is 0. The van der Waals surface area contributed by atoms with Crippen LogP contribution < -0.4 is 0 Å². The summed E-state index contributed by atoms with van der Waals surface area (Å²) in [5, 5.41) is 28.0. The van der Waals surface area contributed by atoms with Gasteiger partial charge in [-0.15, -0.1) is 0 Å². The van der Waals surface area contributed by atoms with E-state index in [9.17, 15) is 10.2 Å². The molecule has 0 spiro atoms. The van der Waals surface area contributed by atoms with Crippen molar-refractivity contribution in [3.05, 3.63) is 29.3 Å². The van der Waals surface area contributed by atoms with Crippen LogP contribution in [-0.4, -0.2) is 21.9 Å². The smallest absolute Gasteiger partial charge is 0.122 e. The van der Waals surface area contributed by atoms with Gasteiger partial charge in [0.05, 0.1) is 6.61 Å². The number of phenols is 1. The van der Waals surface area contributed by atoms with Gasteiger partial charge in [0.2, 0.25) is 0 Å². The van der Waals surface area contributed by atoms with E-state index in [-0.39, 0.29) is 5.75 Å². The van der Waals surface area contributed by atoms with Crippen molar-refractivity contribution in [2.45, 2.75) is 19.4 Å². The number of aliphatic hydroxyl groups excluding tert-OH is 1. The van der Waals surface area contributed by atoms with Crippen LogP contribution >= 0.6 is 0 Å². The lowest BCUT2D eigenvalue weighted by Crippen LogP contribution is -2.25. The van der Waals surface area contributed by atoms with Crippen LogP contribution in [0.4, 0.5) is 0 Å². The summed E-state index contributed by atoms with van der Waals surface area (Å²) in [6, 6.07) is 4.94. The van der Waals surface area contributed by atoms with Crippen molar-refractivity contribution in [1.82, 2.24) is 0 Å². The number of aromatic hydroxyl groups is 1. The zero-order chi connectivity index (χ0) is 10.1. The van der Waals surface area contributed by atoms with Gasteiger partial charge in [0, 0.05) is 5.56 Å². The molecule has 0 bridgehead atoms. The summed E-state index contributed by atoms with van der Waals surface area (Å²) in [7, 11) is 0. The van der Waals surface area contributed by atoms with Crippen LogP contribution in [0.2, 0.25) is 0 Å². The van der Waals surface area contributed by atoms with Gasteiger partial charge < -0.3 is 15.3 Å². The Morgan fingerprint density at radius 1 is 1.38 bits per heavy atom. The van der Waals surface area contributed by atoms with E-state index in [0.717, 1.165) is 5.56 Å². The Kier molecular flexibility index (Phi) is 2.59. The molecule has 0 amide bonds. The van der Waals surface area contributed by atoms with E-state index in [0.29, 0.717) is 5.56 Å². The highest BCUT2D eigenvalue weighted by Crippen LogP contribution is 2.29. The van der Waals surface area contributed by atoms with Crippen LogP contribution in [0, 0.1) is 6.92 Å². The summed E-state index contributed by atoms with van der Waals surface area (Å²) >= 11 is 0. The molecule has 3 nitrogen and oxygen atoms in total. The number of aliphatic hydroxyl groups is 2. The normalized spacial score (nSPS) is 15.4. The fourth-order valence-electron chi connectivity index (χ4n) is 1.18. The van der Waals surface area contributed by atoms with Crippen molar-refractivity contribution < 1.29 is 15.3 Å². The van der Waals surface area contributed by atoms with Crippen LogP contribution in [0.5, 0.6) is 5.75 Å². The molecule has 13 heavy (non-hydrogen) atoms. The average molecular weight is 182 g/mol. The van der Waals surface area contributed by atoms with Gasteiger partial charge in [-0.05, 0) is 25.5 Å². The predicted octanol–water partition coefficient (Wildman–Crippen LogP) is 0.900. The van der Waals surface area contributed by atoms with Gasteiger partial charge in [-0.2, -0.15) is 0 Å². The molecule has 3 N–H and O–H groups in total. The molecular formula is C10H14O3. The lowest BCUT2D eigenvalue weighted by molar-refractivity contribution is -0.00399. The van der Waals surface area contributed by atoms with E-state index in [4.69, 9.17) is 5.11 Å². The van der Waals surface area contributed by atoms with Gasteiger partial charge >= 0.3 is 0 Å². The van der Waals surface area contributed by atoms with Gasteiger partial charge in [0.25, 0.3) is 0 Å². The third-order valence-corrected chi connectivity index (χ3v) is 2.04. The van der Waals surface area contributed by atoms with Crippen molar-refractivity contribution in [3.63, 3.8) is 0 Å². The third kappa shape index (κ3) is 1.99. The minimum absolute atomic E-state index is 0.0130. The highest BCUT2D eigenvalue weighted by Gasteiger charge is 2.24.